The van der Waals surface area contributed by atoms with E-state index in [9.17, 15) is 4.79 Å². The summed E-state index contributed by atoms with van der Waals surface area (Å²) >= 11 is 1.63. The molecule has 0 aliphatic rings. The van der Waals surface area contributed by atoms with E-state index in [1.54, 1.807) is 18.4 Å². The van der Waals surface area contributed by atoms with Crippen molar-refractivity contribution in [2.45, 2.75) is 32.7 Å². The number of hydrogen-bond acceptors (Lipinski definition) is 5. The van der Waals surface area contributed by atoms with E-state index in [-0.39, 0.29) is 5.97 Å². The van der Waals surface area contributed by atoms with E-state index in [0.717, 1.165) is 10.7 Å². The Hall–Kier alpha value is -1.63. The highest BCUT2D eigenvalue weighted by molar-refractivity contribution is 7.09. The predicted octanol–water partition coefficient (Wildman–Crippen LogP) is 1.49. The molecule has 0 atom stereocenters. The Morgan fingerprint density at radius 1 is 1.50 bits per heavy atom. The molecule has 1 aromatic rings. The van der Waals surface area contributed by atoms with Gasteiger partial charge >= 0.3 is 5.97 Å². The van der Waals surface area contributed by atoms with Gasteiger partial charge in [0.15, 0.2) is 5.96 Å². The lowest BCUT2D eigenvalue weighted by Gasteiger charge is -2.10. The second kappa shape index (κ2) is 8.52. The molecule has 0 amide bonds. The fraction of sp³-hybridized carbons (Fsp3) is 0.615. The fourth-order valence-corrected chi connectivity index (χ4v) is 2.33. The van der Waals surface area contributed by atoms with Crippen molar-refractivity contribution >= 4 is 23.3 Å². The van der Waals surface area contributed by atoms with Crippen molar-refractivity contribution in [3.8, 4) is 0 Å². The van der Waals surface area contributed by atoms with E-state index < -0.39 is 0 Å². The standard InChI is InChI=1S/C13H22N4O2S/c1-9(2)10-8-20-11(17-10)7-16-13(14-3)15-6-5-12(18)19-4/h8-9H,5-7H2,1-4H3,(H2,14,15,16). The number of carbonyl (C=O) groups is 1. The van der Waals surface area contributed by atoms with Gasteiger partial charge in [-0.05, 0) is 5.92 Å². The van der Waals surface area contributed by atoms with Gasteiger partial charge < -0.3 is 15.4 Å². The van der Waals surface area contributed by atoms with Crippen LogP contribution >= 0.6 is 11.3 Å². The minimum Gasteiger partial charge on any atom is -0.469 e. The third-order valence-electron chi connectivity index (χ3n) is 2.64. The summed E-state index contributed by atoms with van der Waals surface area (Å²) in [5.41, 5.74) is 1.11. The Morgan fingerprint density at radius 2 is 2.25 bits per heavy atom. The fourth-order valence-electron chi connectivity index (χ4n) is 1.44. The lowest BCUT2D eigenvalue weighted by Crippen LogP contribution is -2.37. The third-order valence-corrected chi connectivity index (χ3v) is 3.51. The summed E-state index contributed by atoms with van der Waals surface area (Å²) < 4.78 is 4.57. The molecule has 6 nitrogen and oxygen atoms in total. The average Bonchev–Trinajstić information content (AvgIpc) is 2.91. The molecule has 2 N–H and O–H groups in total. The average molecular weight is 298 g/mol. The maximum atomic E-state index is 11.0. The van der Waals surface area contributed by atoms with Crippen molar-refractivity contribution in [1.29, 1.82) is 0 Å². The first kappa shape index (κ1) is 16.4. The minimum atomic E-state index is -0.241. The van der Waals surface area contributed by atoms with Crippen molar-refractivity contribution in [2.75, 3.05) is 20.7 Å². The summed E-state index contributed by atoms with van der Waals surface area (Å²) in [6.07, 6.45) is 0.311. The van der Waals surface area contributed by atoms with Crippen LogP contribution in [0.15, 0.2) is 10.4 Å². The predicted molar refractivity (Wildman–Crippen MR) is 81.0 cm³/mol. The molecule has 1 heterocycles. The summed E-state index contributed by atoms with van der Waals surface area (Å²) in [4.78, 5) is 19.6. The molecule has 0 saturated heterocycles. The molecular formula is C13H22N4O2S. The van der Waals surface area contributed by atoms with Crippen LogP contribution in [0.25, 0.3) is 0 Å². The lowest BCUT2D eigenvalue weighted by atomic mass is 10.2. The highest BCUT2D eigenvalue weighted by atomic mass is 32.1. The van der Waals surface area contributed by atoms with Crippen molar-refractivity contribution in [3.63, 3.8) is 0 Å². The Morgan fingerprint density at radius 3 is 2.80 bits per heavy atom. The van der Waals surface area contributed by atoms with Gasteiger partial charge in [-0.1, -0.05) is 13.8 Å². The number of nitrogens with zero attached hydrogens (tertiary/aromatic N) is 2. The van der Waals surface area contributed by atoms with E-state index in [2.05, 4.69) is 44.6 Å². The topological polar surface area (TPSA) is 75.6 Å². The van der Waals surface area contributed by atoms with Crippen LogP contribution in [0.5, 0.6) is 0 Å². The maximum Gasteiger partial charge on any atom is 0.307 e. The number of aliphatic imine (C=N–C) groups is 1. The van der Waals surface area contributed by atoms with Gasteiger partial charge in [-0.3, -0.25) is 9.79 Å². The van der Waals surface area contributed by atoms with Gasteiger partial charge in [-0.2, -0.15) is 0 Å². The van der Waals surface area contributed by atoms with Crippen LogP contribution in [-0.2, 0) is 16.1 Å². The van der Waals surface area contributed by atoms with Crippen LogP contribution in [0.2, 0.25) is 0 Å². The maximum absolute atomic E-state index is 11.0. The van der Waals surface area contributed by atoms with E-state index >= 15 is 0 Å². The molecule has 0 fully saturated rings. The molecule has 0 aliphatic carbocycles. The van der Waals surface area contributed by atoms with Crippen LogP contribution in [0, 0.1) is 0 Å². The normalized spacial score (nSPS) is 11.6. The van der Waals surface area contributed by atoms with E-state index in [1.807, 2.05) is 0 Å². The Bertz CT molecular complexity index is 457. The van der Waals surface area contributed by atoms with Gasteiger partial charge in [0.1, 0.15) is 5.01 Å². The number of aromatic nitrogens is 1. The van der Waals surface area contributed by atoms with Gasteiger partial charge in [0.25, 0.3) is 0 Å². The van der Waals surface area contributed by atoms with Crippen molar-refractivity contribution < 1.29 is 9.53 Å². The lowest BCUT2D eigenvalue weighted by molar-refractivity contribution is -0.140. The summed E-state index contributed by atoms with van der Waals surface area (Å²) in [7, 11) is 3.07. The molecule has 0 aromatic carbocycles. The zero-order chi connectivity index (χ0) is 15.0. The number of guanidine groups is 1. The van der Waals surface area contributed by atoms with E-state index in [0.29, 0.717) is 31.4 Å². The Kier molecular flexibility index (Phi) is 7.00. The summed E-state index contributed by atoms with van der Waals surface area (Å²) in [6, 6.07) is 0. The van der Waals surface area contributed by atoms with E-state index in [1.165, 1.54) is 7.11 Å². The third kappa shape index (κ3) is 5.56. The smallest absolute Gasteiger partial charge is 0.307 e. The molecule has 0 saturated carbocycles. The number of nitrogens with one attached hydrogen (secondary N) is 2. The van der Waals surface area contributed by atoms with E-state index in [4.69, 9.17) is 0 Å². The molecule has 112 valence electrons. The second-order valence-corrected chi connectivity index (χ2v) is 5.44. The Balaban J connectivity index is 2.35. The zero-order valence-electron chi connectivity index (χ0n) is 12.4. The van der Waals surface area contributed by atoms with Crippen LogP contribution < -0.4 is 10.6 Å². The first-order chi connectivity index (χ1) is 9.56. The van der Waals surface area contributed by atoms with Crippen molar-refractivity contribution in [3.05, 3.63) is 16.1 Å². The number of ether oxygens (including phenoxy) is 1. The molecule has 1 rings (SSSR count). The van der Waals surface area contributed by atoms with Gasteiger partial charge in [-0.15, -0.1) is 11.3 Å². The van der Waals surface area contributed by atoms with Gasteiger partial charge in [-0.25, -0.2) is 4.98 Å². The summed E-state index contributed by atoms with van der Waals surface area (Å²) in [6.45, 7) is 5.36. The highest BCUT2D eigenvalue weighted by Gasteiger charge is 2.06. The molecule has 20 heavy (non-hydrogen) atoms. The summed E-state index contributed by atoms with van der Waals surface area (Å²) in [5.74, 6) is 0.849. The van der Waals surface area contributed by atoms with Crippen molar-refractivity contribution in [1.82, 2.24) is 15.6 Å². The zero-order valence-corrected chi connectivity index (χ0v) is 13.2. The van der Waals surface area contributed by atoms with Gasteiger partial charge in [0.2, 0.25) is 0 Å². The molecule has 0 bridgehead atoms. The molecule has 1 aromatic heterocycles. The molecule has 0 radical (unpaired) electrons. The molecule has 0 spiro atoms. The monoisotopic (exact) mass is 298 g/mol. The van der Waals surface area contributed by atoms with Gasteiger partial charge in [0.05, 0.1) is 25.8 Å². The summed E-state index contributed by atoms with van der Waals surface area (Å²) in [5, 5.41) is 9.31. The minimum absolute atomic E-state index is 0.241. The first-order valence-electron chi connectivity index (χ1n) is 6.52. The number of esters is 1. The second-order valence-electron chi connectivity index (χ2n) is 4.50. The number of thiazole rings is 1. The SMILES string of the molecule is CN=C(NCCC(=O)OC)NCc1nc(C(C)C)cs1. The number of carbonyl (C=O) groups excluding carboxylic acids is 1. The van der Waals surface area contributed by atoms with Crippen LogP contribution in [0.1, 0.15) is 36.9 Å². The number of methoxy groups -OCH3 is 1. The highest BCUT2D eigenvalue weighted by Crippen LogP contribution is 2.17. The van der Waals surface area contributed by atoms with Crippen molar-refractivity contribution in [2.24, 2.45) is 4.99 Å². The molecule has 7 heteroatoms. The van der Waals surface area contributed by atoms with Crippen LogP contribution in [0.4, 0.5) is 0 Å². The van der Waals surface area contributed by atoms with Crippen LogP contribution in [-0.4, -0.2) is 37.6 Å². The molecule has 0 aliphatic heterocycles. The molecule has 0 unspecified atom stereocenters. The largest absolute Gasteiger partial charge is 0.469 e. The molecular weight excluding hydrogens is 276 g/mol. The van der Waals surface area contributed by atoms with Gasteiger partial charge in [0, 0.05) is 19.0 Å². The van der Waals surface area contributed by atoms with Crippen LogP contribution in [0.3, 0.4) is 0 Å². The number of hydrogen-bond donors (Lipinski definition) is 2. The Labute approximate surface area is 123 Å². The first-order valence-corrected chi connectivity index (χ1v) is 7.40. The quantitative estimate of drug-likeness (QED) is 0.473. The number of rotatable bonds is 6.